The van der Waals surface area contributed by atoms with E-state index in [0.717, 1.165) is 17.7 Å². The van der Waals surface area contributed by atoms with Crippen molar-refractivity contribution in [3.63, 3.8) is 0 Å². The molecule has 2 unspecified atom stereocenters. The lowest BCUT2D eigenvalue weighted by Crippen LogP contribution is -2.60. The summed E-state index contributed by atoms with van der Waals surface area (Å²) in [4.78, 5) is 0.240. The summed E-state index contributed by atoms with van der Waals surface area (Å²) in [5.74, 6) is 0. The molecule has 0 saturated heterocycles. The van der Waals surface area contributed by atoms with E-state index < -0.39 is 36.1 Å². The molecule has 218 valence electrons. The molecule has 2 N–H and O–H groups in total. The van der Waals surface area contributed by atoms with Crippen LogP contribution in [-0.2, 0) is 20.1 Å². The van der Waals surface area contributed by atoms with E-state index in [9.17, 15) is 13.5 Å². The molecule has 0 aliphatic rings. The normalized spacial score (nSPS) is 14.7. The van der Waals surface area contributed by atoms with E-state index in [-0.39, 0.29) is 9.93 Å². The minimum Gasteiger partial charge on any atom is -0.412 e. The Morgan fingerprint density at radius 1 is 0.850 bits per heavy atom. The van der Waals surface area contributed by atoms with Crippen LogP contribution in [0, 0.1) is 20.8 Å². The lowest BCUT2D eigenvalue weighted by Gasteiger charge is -2.47. The summed E-state index contributed by atoms with van der Waals surface area (Å²) < 4.78 is 38.5. The fourth-order valence-corrected chi connectivity index (χ4v) is 12.3. The maximum absolute atomic E-state index is 14.2. The molecule has 0 spiro atoms. The highest BCUT2D eigenvalue weighted by atomic mass is 32.2. The third-order valence-corrected chi connectivity index (χ3v) is 16.0. The molecule has 40 heavy (non-hydrogen) atoms. The maximum atomic E-state index is 14.2. The van der Waals surface area contributed by atoms with Crippen molar-refractivity contribution in [3.05, 3.63) is 101 Å². The largest absolute Gasteiger partial charge is 0.412 e. The van der Waals surface area contributed by atoms with Gasteiger partial charge < -0.3 is 9.53 Å². The predicted molar refractivity (Wildman–Crippen MR) is 168 cm³/mol. The molecule has 3 aromatic carbocycles. The van der Waals surface area contributed by atoms with E-state index in [1.165, 1.54) is 0 Å². The summed E-state index contributed by atoms with van der Waals surface area (Å²) in [6.45, 7) is 18.4. The fraction of sp³-hybridized carbons (Fsp3) is 0.455. The monoisotopic (exact) mass is 581 g/mol. The van der Waals surface area contributed by atoms with Crippen molar-refractivity contribution >= 4 is 18.3 Å². The molecule has 0 heterocycles. The van der Waals surface area contributed by atoms with Crippen molar-refractivity contribution in [3.8, 4) is 0 Å². The summed E-state index contributed by atoms with van der Waals surface area (Å²) >= 11 is 0. The third-order valence-electron chi connectivity index (χ3n) is 8.42. The van der Waals surface area contributed by atoms with E-state index in [0.29, 0.717) is 22.3 Å². The lowest BCUT2D eigenvalue weighted by molar-refractivity contribution is -0.00355. The van der Waals surface area contributed by atoms with Crippen LogP contribution >= 0.6 is 0 Å². The van der Waals surface area contributed by atoms with E-state index in [1.807, 2.05) is 100 Å². The molecule has 0 aromatic heterocycles. The van der Waals surface area contributed by atoms with Gasteiger partial charge in [0.15, 0.2) is 8.32 Å². The summed E-state index contributed by atoms with van der Waals surface area (Å²) in [5, 5.41) is 12.7. The van der Waals surface area contributed by atoms with Crippen LogP contribution in [0.5, 0.6) is 0 Å². The SMILES string of the molecule is CC[Si](CC)(OC(C)C(NS(=O)(=O)c1c(C)cc(C)cc1C)C(O)(c1ccccc1)c1ccccc1)C(C)(C)C. The molecular formula is C33H47NO4SSi. The minimum atomic E-state index is -4.06. The zero-order valence-electron chi connectivity index (χ0n) is 25.6. The van der Waals surface area contributed by atoms with Crippen molar-refractivity contribution in [1.82, 2.24) is 4.72 Å². The van der Waals surface area contributed by atoms with Gasteiger partial charge in [0.2, 0.25) is 10.0 Å². The van der Waals surface area contributed by atoms with Crippen LogP contribution in [0.3, 0.4) is 0 Å². The summed E-state index contributed by atoms with van der Waals surface area (Å²) in [7, 11) is -6.44. The molecule has 0 aliphatic heterocycles. The van der Waals surface area contributed by atoms with Crippen LogP contribution < -0.4 is 4.72 Å². The quantitative estimate of drug-likeness (QED) is 0.232. The number of hydrogen-bond donors (Lipinski definition) is 2. The average Bonchev–Trinajstić information content (AvgIpc) is 2.89. The van der Waals surface area contributed by atoms with Crippen molar-refractivity contribution in [1.29, 1.82) is 0 Å². The molecule has 0 radical (unpaired) electrons. The average molecular weight is 582 g/mol. The molecule has 3 aromatic rings. The molecule has 0 amide bonds. The fourth-order valence-electron chi connectivity index (χ4n) is 6.33. The topological polar surface area (TPSA) is 75.6 Å². The number of aliphatic hydroxyl groups is 1. The van der Waals surface area contributed by atoms with E-state index in [1.54, 1.807) is 0 Å². The number of benzene rings is 3. The lowest BCUT2D eigenvalue weighted by atomic mass is 9.78. The van der Waals surface area contributed by atoms with Gasteiger partial charge in [0.05, 0.1) is 17.0 Å². The van der Waals surface area contributed by atoms with Gasteiger partial charge in [-0.25, -0.2) is 13.1 Å². The summed E-state index contributed by atoms with van der Waals surface area (Å²) in [5.41, 5.74) is 1.82. The Labute approximate surface area is 243 Å². The van der Waals surface area contributed by atoms with Gasteiger partial charge in [-0.1, -0.05) is 113 Å². The number of hydrogen-bond acceptors (Lipinski definition) is 4. The van der Waals surface area contributed by atoms with Gasteiger partial charge in [-0.05, 0) is 67.1 Å². The van der Waals surface area contributed by atoms with Gasteiger partial charge in [0.25, 0.3) is 0 Å². The van der Waals surface area contributed by atoms with Gasteiger partial charge in [-0.15, -0.1) is 0 Å². The Morgan fingerprint density at radius 3 is 1.65 bits per heavy atom. The molecule has 3 rings (SSSR count). The van der Waals surface area contributed by atoms with Gasteiger partial charge in [0, 0.05) is 0 Å². The standard InChI is InChI=1S/C33H47NO4SSi/c1-10-40(11-2,32(7,8)9)38-27(6)31(34-39(36,37)30-25(4)22-24(3)23-26(30)5)33(35,28-18-14-12-15-19-28)29-20-16-13-17-21-29/h12-23,27,31,34-35H,10-11H2,1-9H3. The third kappa shape index (κ3) is 6.29. The molecule has 0 bridgehead atoms. The summed E-state index contributed by atoms with van der Waals surface area (Å²) in [6, 6.07) is 23.1. The molecule has 0 fully saturated rings. The Hall–Kier alpha value is -2.29. The first-order valence-electron chi connectivity index (χ1n) is 14.2. The van der Waals surface area contributed by atoms with Crippen molar-refractivity contribution in [2.75, 3.05) is 0 Å². The Morgan fingerprint density at radius 2 is 1.27 bits per heavy atom. The van der Waals surface area contributed by atoms with Gasteiger partial charge in [-0.3, -0.25) is 0 Å². The van der Waals surface area contributed by atoms with Gasteiger partial charge in [-0.2, -0.15) is 0 Å². The molecule has 0 aliphatic carbocycles. The maximum Gasteiger partial charge on any atom is 0.241 e. The van der Waals surface area contributed by atoms with Crippen LogP contribution in [0.1, 0.15) is 69.4 Å². The predicted octanol–water partition coefficient (Wildman–Crippen LogP) is 7.39. The Balaban J connectivity index is 2.29. The molecule has 7 heteroatoms. The van der Waals surface area contributed by atoms with Crippen LogP contribution in [0.4, 0.5) is 0 Å². The van der Waals surface area contributed by atoms with Crippen molar-refractivity contribution in [2.24, 2.45) is 0 Å². The highest BCUT2D eigenvalue weighted by molar-refractivity contribution is 7.89. The first-order valence-corrected chi connectivity index (χ1v) is 18.0. The van der Waals surface area contributed by atoms with Gasteiger partial charge >= 0.3 is 0 Å². The number of nitrogens with one attached hydrogen (secondary N) is 1. The van der Waals surface area contributed by atoms with Crippen LogP contribution in [0.15, 0.2) is 77.7 Å². The number of aryl methyl sites for hydroxylation is 3. The summed E-state index contributed by atoms with van der Waals surface area (Å²) in [6.07, 6.45) is -0.642. The van der Waals surface area contributed by atoms with Crippen molar-refractivity contribution in [2.45, 2.75) is 102 Å². The Bertz CT molecular complexity index is 1320. The van der Waals surface area contributed by atoms with E-state index in [2.05, 4.69) is 39.3 Å². The zero-order chi connectivity index (χ0) is 29.9. The Kier molecular flexibility index (Phi) is 9.90. The molecule has 2 atom stereocenters. The van der Waals surface area contributed by atoms with Crippen molar-refractivity contribution < 1.29 is 18.0 Å². The zero-order valence-corrected chi connectivity index (χ0v) is 27.4. The number of sulfonamides is 1. The molecule has 0 saturated carbocycles. The highest BCUT2D eigenvalue weighted by Crippen LogP contribution is 2.45. The van der Waals surface area contributed by atoms with Crippen LogP contribution in [-0.4, -0.2) is 34.0 Å². The smallest absolute Gasteiger partial charge is 0.241 e. The second-order valence-electron chi connectivity index (χ2n) is 12.1. The second-order valence-corrected chi connectivity index (χ2v) is 18.9. The highest BCUT2D eigenvalue weighted by Gasteiger charge is 2.51. The number of rotatable bonds is 11. The first kappa shape index (κ1) is 32.2. The van der Waals surface area contributed by atoms with Crippen LogP contribution in [0.2, 0.25) is 17.1 Å². The van der Waals surface area contributed by atoms with Gasteiger partial charge in [0.1, 0.15) is 5.60 Å². The first-order chi connectivity index (χ1) is 18.6. The van der Waals surface area contributed by atoms with E-state index in [4.69, 9.17) is 4.43 Å². The second kappa shape index (κ2) is 12.3. The molecule has 5 nitrogen and oxygen atoms in total. The molecular weight excluding hydrogens is 535 g/mol. The van der Waals surface area contributed by atoms with E-state index >= 15 is 0 Å². The minimum absolute atomic E-state index is 0.0874. The van der Waals surface area contributed by atoms with Crippen LogP contribution in [0.25, 0.3) is 0 Å².